The number of nitrogens with zero attached hydrogens (tertiary/aromatic N) is 1. The zero-order valence-corrected chi connectivity index (χ0v) is 14.2. The van der Waals surface area contributed by atoms with Crippen molar-refractivity contribution in [1.29, 1.82) is 0 Å². The minimum absolute atomic E-state index is 0.258. The van der Waals surface area contributed by atoms with Crippen LogP contribution in [0, 0.1) is 0 Å². The zero-order valence-electron chi connectivity index (χ0n) is 14.2. The van der Waals surface area contributed by atoms with E-state index in [-0.39, 0.29) is 11.7 Å². The molecule has 6 nitrogen and oxygen atoms in total. The molecule has 0 radical (unpaired) electrons. The number of carbonyl (C=O) groups is 2. The molecule has 0 atom stereocenters. The molecule has 1 aliphatic heterocycles. The van der Waals surface area contributed by atoms with Gasteiger partial charge in [0.1, 0.15) is 11.3 Å². The summed E-state index contributed by atoms with van der Waals surface area (Å²) >= 11 is 0. The van der Waals surface area contributed by atoms with Crippen molar-refractivity contribution in [1.82, 2.24) is 10.2 Å². The van der Waals surface area contributed by atoms with Gasteiger partial charge in [-0.15, -0.1) is 0 Å². The summed E-state index contributed by atoms with van der Waals surface area (Å²) in [4.78, 5) is 26.9. The van der Waals surface area contributed by atoms with Crippen LogP contribution in [0.25, 0.3) is 0 Å². The van der Waals surface area contributed by atoms with Crippen LogP contribution in [0.15, 0.2) is 16.5 Å². The minimum Gasteiger partial charge on any atom is -0.455 e. The lowest BCUT2D eigenvalue weighted by Crippen LogP contribution is -2.57. The number of carbonyl (C=O) groups excluding carboxylic acids is 2. The number of primary amides is 1. The van der Waals surface area contributed by atoms with Crippen molar-refractivity contribution in [2.45, 2.75) is 63.5 Å². The van der Waals surface area contributed by atoms with E-state index in [9.17, 15) is 9.59 Å². The van der Waals surface area contributed by atoms with E-state index in [1.54, 1.807) is 6.07 Å². The Morgan fingerprint density at radius 2 is 1.75 bits per heavy atom. The molecule has 6 heteroatoms. The van der Waals surface area contributed by atoms with Gasteiger partial charge in [-0.25, -0.2) is 0 Å². The van der Waals surface area contributed by atoms with Crippen LogP contribution in [0.2, 0.25) is 0 Å². The number of hydrogen-bond donors (Lipinski definition) is 2. The van der Waals surface area contributed by atoms with Gasteiger partial charge < -0.3 is 15.5 Å². The number of nitrogens with one attached hydrogen (secondary N) is 1. The molecule has 2 aliphatic rings. The molecule has 0 bridgehead atoms. The molecule has 1 aromatic heterocycles. The van der Waals surface area contributed by atoms with Gasteiger partial charge in [-0.2, -0.15) is 0 Å². The Bertz CT molecular complexity index is 582. The molecule has 2 fully saturated rings. The molecule has 1 aliphatic carbocycles. The van der Waals surface area contributed by atoms with Gasteiger partial charge in [-0.05, 0) is 50.9 Å². The van der Waals surface area contributed by atoms with Crippen LogP contribution in [-0.4, -0.2) is 35.3 Å². The van der Waals surface area contributed by atoms with E-state index in [1.807, 2.05) is 6.07 Å². The highest BCUT2D eigenvalue weighted by molar-refractivity contribution is 5.97. The van der Waals surface area contributed by atoms with Crippen molar-refractivity contribution < 1.29 is 14.0 Å². The molecule has 1 saturated heterocycles. The third-order valence-corrected chi connectivity index (χ3v) is 5.25. The van der Waals surface area contributed by atoms with E-state index in [4.69, 9.17) is 10.2 Å². The number of likely N-dealkylation sites (tertiary alicyclic amines) is 1. The molecule has 0 aromatic carbocycles. The fourth-order valence-electron chi connectivity index (χ4n) is 3.79. The Balaban J connectivity index is 1.66. The van der Waals surface area contributed by atoms with Crippen LogP contribution in [-0.2, 0) is 11.3 Å². The van der Waals surface area contributed by atoms with Gasteiger partial charge in [-0.1, -0.05) is 25.7 Å². The number of furan rings is 1. The zero-order chi connectivity index (χ0) is 17.0. The first kappa shape index (κ1) is 17.0. The van der Waals surface area contributed by atoms with Crippen molar-refractivity contribution in [2.24, 2.45) is 5.73 Å². The van der Waals surface area contributed by atoms with Gasteiger partial charge in [0, 0.05) is 0 Å². The van der Waals surface area contributed by atoms with Crippen LogP contribution >= 0.6 is 0 Å². The van der Waals surface area contributed by atoms with Crippen LogP contribution < -0.4 is 11.1 Å². The number of nitrogens with two attached hydrogens (primary N) is 1. The highest BCUT2D eigenvalue weighted by atomic mass is 16.4. The average molecular weight is 333 g/mol. The van der Waals surface area contributed by atoms with Crippen molar-refractivity contribution in [3.05, 3.63) is 23.7 Å². The van der Waals surface area contributed by atoms with Gasteiger partial charge in [0.2, 0.25) is 5.91 Å². The summed E-state index contributed by atoms with van der Waals surface area (Å²) in [6, 6.07) is 3.53. The minimum atomic E-state index is -0.935. The molecule has 3 rings (SSSR count). The maximum absolute atomic E-state index is 12.6. The van der Waals surface area contributed by atoms with Crippen molar-refractivity contribution in [2.75, 3.05) is 13.1 Å². The lowest BCUT2D eigenvalue weighted by atomic mass is 9.89. The summed E-state index contributed by atoms with van der Waals surface area (Å²) < 4.78 is 5.70. The predicted molar refractivity (Wildman–Crippen MR) is 90.3 cm³/mol. The third-order valence-electron chi connectivity index (χ3n) is 5.25. The second-order valence-corrected chi connectivity index (χ2v) is 7.06. The molecule has 132 valence electrons. The van der Waals surface area contributed by atoms with Gasteiger partial charge >= 0.3 is 0 Å². The van der Waals surface area contributed by atoms with E-state index in [0.717, 1.165) is 51.1 Å². The number of rotatable bonds is 5. The maximum Gasteiger partial charge on any atom is 0.287 e. The monoisotopic (exact) mass is 333 g/mol. The van der Waals surface area contributed by atoms with E-state index in [2.05, 4.69) is 10.2 Å². The second-order valence-electron chi connectivity index (χ2n) is 7.06. The quantitative estimate of drug-likeness (QED) is 0.808. The summed E-state index contributed by atoms with van der Waals surface area (Å²) in [5, 5.41) is 2.87. The lowest BCUT2D eigenvalue weighted by Gasteiger charge is -2.30. The van der Waals surface area contributed by atoms with Crippen molar-refractivity contribution >= 4 is 11.8 Å². The Hall–Kier alpha value is -1.82. The van der Waals surface area contributed by atoms with Crippen LogP contribution in [0.5, 0.6) is 0 Å². The molecule has 1 aromatic rings. The molecule has 24 heavy (non-hydrogen) atoms. The van der Waals surface area contributed by atoms with Crippen LogP contribution in [0.4, 0.5) is 0 Å². The normalized spacial score (nSPS) is 21.3. The number of amides is 2. The average Bonchev–Trinajstić information content (AvgIpc) is 3.17. The van der Waals surface area contributed by atoms with Crippen LogP contribution in [0.3, 0.4) is 0 Å². The SMILES string of the molecule is NC(=O)C1(NC(=O)c2ccc(CN3CCCC3)o2)CCCCCC1. The maximum atomic E-state index is 12.6. The molecular weight excluding hydrogens is 306 g/mol. The van der Waals surface area contributed by atoms with Crippen molar-refractivity contribution in [3.8, 4) is 0 Å². The summed E-state index contributed by atoms with van der Waals surface area (Å²) in [6.45, 7) is 2.88. The highest BCUT2D eigenvalue weighted by Crippen LogP contribution is 2.27. The van der Waals surface area contributed by atoms with E-state index in [1.165, 1.54) is 12.8 Å². The van der Waals surface area contributed by atoms with E-state index < -0.39 is 11.4 Å². The first-order valence-electron chi connectivity index (χ1n) is 9.03. The summed E-state index contributed by atoms with van der Waals surface area (Å²) in [6.07, 6.45) is 7.61. The number of hydrogen-bond acceptors (Lipinski definition) is 4. The molecule has 0 unspecified atom stereocenters. The standard InChI is InChI=1S/C18H27N3O3/c19-17(23)18(9-3-1-2-4-10-18)20-16(22)15-8-7-14(24-15)13-21-11-5-6-12-21/h7-8H,1-6,9-13H2,(H2,19,23)(H,20,22). The van der Waals surface area contributed by atoms with E-state index in [0.29, 0.717) is 12.8 Å². The Labute approximate surface area is 142 Å². The molecule has 2 heterocycles. The van der Waals surface area contributed by atoms with Crippen molar-refractivity contribution in [3.63, 3.8) is 0 Å². The van der Waals surface area contributed by atoms with Gasteiger partial charge in [0.25, 0.3) is 5.91 Å². The summed E-state index contributed by atoms with van der Waals surface area (Å²) in [5.41, 5.74) is 4.69. The Kier molecular flexibility index (Phi) is 5.23. The van der Waals surface area contributed by atoms with Gasteiger partial charge in [0.15, 0.2) is 5.76 Å². The van der Waals surface area contributed by atoms with E-state index >= 15 is 0 Å². The summed E-state index contributed by atoms with van der Waals surface area (Å²) in [7, 11) is 0. The van der Waals surface area contributed by atoms with Gasteiger partial charge in [0.05, 0.1) is 6.54 Å². The Morgan fingerprint density at radius 1 is 1.08 bits per heavy atom. The third kappa shape index (κ3) is 3.80. The highest BCUT2D eigenvalue weighted by Gasteiger charge is 2.39. The largest absolute Gasteiger partial charge is 0.455 e. The molecular formula is C18H27N3O3. The fourth-order valence-corrected chi connectivity index (χ4v) is 3.79. The Morgan fingerprint density at radius 3 is 2.38 bits per heavy atom. The first-order valence-corrected chi connectivity index (χ1v) is 9.03. The smallest absolute Gasteiger partial charge is 0.287 e. The lowest BCUT2D eigenvalue weighted by molar-refractivity contribution is -0.124. The fraction of sp³-hybridized carbons (Fsp3) is 0.667. The first-order chi connectivity index (χ1) is 11.6. The molecule has 3 N–H and O–H groups in total. The topological polar surface area (TPSA) is 88.6 Å². The molecule has 2 amide bonds. The van der Waals surface area contributed by atoms with Crippen LogP contribution in [0.1, 0.15) is 67.7 Å². The molecule has 1 saturated carbocycles. The summed E-state index contributed by atoms with van der Waals surface area (Å²) in [5.74, 6) is 0.259. The van der Waals surface area contributed by atoms with Gasteiger partial charge in [-0.3, -0.25) is 14.5 Å². The molecule has 0 spiro atoms. The predicted octanol–water partition coefficient (Wildman–Crippen LogP) is 2.18. The second kappa shape index (κ2) is 7.38.